The maximum Gasteiger partial charge on any atom is 3.00 e. The average molecular weight is 303 g/mol. The van der Waals surface area contributed by atoms with Gasteiger partial charge in [0.2, 0.25) is 0 Å². The Morgan fingerprint density at radius 3 is 0.429 bits per heavy atom. The molecule has 1 radical (unpaired) electrons. The second-order valence-corrected chi connectivity index (χ2v) is 0. The molecule has 0 bridgehead atoms. The third-order valence-corrected chi connectivity index (χ3v) is 0. The van der Waals surface area contributed by atoms with E-state index in [9.17, 15) is 0 Å². The maximum atomic E-state index is 0. The predicted octanol–water partition coefficient (Wildman–Crippen LogP) is -0.886. The summed E-state index contributed by atoms with van der Waals surface area (Å²) in [5.74, 6) is 0. The SMILES string of the molecule is [Dy+3].[Fe+2].[OH-].[OH-].[OH-].[OH-].[OH-]. The Labute approximate surface area is 81.9 Å². The summed E-state index contributed by atoms with van der Waals surface area (Å²) >= 11 is 0. The first kappa shape index (κ1) is 195. The van der Waals surface area contributed by atoms with E-state index in [0.29, 0.717) is 0 Å². The van der Waals surface area contributed by atoms with Gasteiger partial charge in [0.1, 0.15) is 0 Å². The minimum atomic E-state index is 0. The molecule has 7 heteroatoms. The van der Waals surface area contributed by atoms with Crippen LogP contribution in [-0.4, -0.2) is 27.4 Å². The second kappa shape index (κ2) is 130. The zero-order valence-corrected chi connectivity index (χ0v) is 6.04. The van der Waals surface area contributed by atoms with Crippen LogP contribution in [0, 0.1) is 38.2 Å². The molecule has 0 saturated heterocycles. The van der Waals surface area contributed by atoms with Crippen molar-refractivity contribution in [3.05, 3.63) is 0 Å². The summed E-state index contributed by atoms with van der Waals surface area (Å²) in [4.78, 5) is 0. The molecule has 0 aromatic rings. The van der Waals surface area contributed by atoms with E-state index in [1.54, 1.807) is 0 Å². The molecule has 7 heavy (non-hydrogen) atoms. The fourth-order valence-electron chi connectivity index (χ4n) is 0. The van der Waals surface area contributed by atoms with Crippen LogP contribution < -0.4 is 0 Å². The van der Waals surface area contributed by atoms with Crippen molar-refractivity contribution < 1.29 is 82.6 Å². The van der Waals surface area contributed by atoms with Gasteiger partial charge >= 0.3 is 55.2 Å². The van der Waals surface area contributed by atoms with Gasteiger partial charge in [-0.05, 0) is 0 Å². The van der Waals surface area contributed by atoms with E-state index < -0.39 is 0 Å². The molecular formula is H5DyFeO5. The quantitative estimate of drug-likeness (QED) is 0.532. The smallest absolute Gasteiger partial charge is 0.870 e. The van der Waals surface area contributed by atoms with Gasteiger partial charge in [-0.2, -0.15) is 0 Å². The van der Waals surface area contributed by atoms with Gasteiger partial charge in [0.05, 0.1) is 0 Å². The number of hydrogen-bond donors (Lipinski definition) is 0. The normalized spacial score (nSPS) is 0. The van der Waals surface area contributed by atoms with E-state index in [-0.39, 0.29) is 82.6 Å². The minimum Gasteiger partial charge on any atom is -0.870 e. The van der Waals surface area contributed by atoms with E-state index in [1.165, 1.54) is 0 Å². The van der Waals surface area contributed by atoms with Crippen LogP contribution in [0.3, 0.4) is 0 Å². The molecule has 0 rings (SSSR count). The fraction of sp³-hybridized carbons (Fsp3) is 0. The molecule has 0 aromatic heterocycles. The third kappa shape index (κ3) is 93.7. The van der Waals surface area contributed by atoms with Crippen molar-refractivity contribution in [1.82, 2.24) is 0 Å². The van der Waals surface area contributed by atoms with Gasteiger partial charge in [0.15, 0.2) is 0 Å². The van der Waals surface area contributed by atoms with Crippen LogP contribution in [0.1, 0.15) is 0 Å². The van der Waals surface area contributed by atoms with Crippen molar-refractivity contribution in [2.24, 2.45) is 0 Å². The van der Waals surface area contributed by atoms with E-state index in [2.05, 4.69) is 0 Å². The molecule has 0 saturated carbocycles. The summed E-state index contributed by atoms with van der Waals surface area (Å²) in [6.45, 7) is 0. The van der Waals surface area contributed by atoms with Crippen LogP contribution in [0.4, 0.5) is 0 Å². The van der Waals surface area contributed by atoms with Crippen molar-refractivity contribution in [1.29, 1.82) is 0 Å². The standard InChI is InChI=1S/Dy.Fe.5H2O/h;;5*1H2/q+3;+2;;;;;/p-5. The zero-order valence-electron chi connectivity index (χ0n) is 2.91. The van der Waals surface area contributed by atoms with Gasteiger partial charge in [0, 0.05) is 0 Å². The van der Waals surface area contributed by atoms with E-state index in [4.69, 9.17) is 0 Å². The molecule has 0 unspecified atom stereocenters. The topological polar surface area (TPSA) is 150 Å². The molecule has 0 aliphatic rings. The van der Waals surface area contributed by atoms with Crippen molar-refractivity contribution in [2.45, 2.75) is 0 Å². The van der Waals surface area contributed by atoms with E-state index in [0.717, 1.165) is 0 Å². The monoisotopic (exact) mass is 305 g/mol. The Balaban J connectivity index is 0. The molecule has 0 spiro atoms. The molecule has 0 aliphatic carbocycles. The molecule has 5 nitrogen and oxygen atoms in total. The summed E-state index contributed by atoms with van der Waals surface area (Å²) in [7, 11) is 0. The Kier molecular flexibility index (Phi) is 3630. The summed E-state index contributed by atoms with van der Waals surface area (Å²) < 4.78 is 0. The van der Waals surface area contributed by atoms with Crippen molar-refractivity contribution in [3.63, 3.8) is 0 Å². The van der Waals surface area contributed by atoms with Crippen molar-refractivity contribution in [2.75, 3.05) is 0 Å². The molecule has 0 fully saturated rings. The first-order chi connectivity index (χ1) is 0. The predicted molar refractivity (Wildman–Crippen MR) is 9.68 cm³/mol. The van der Waals surface area contributed by atoms with Gasteiger partial charge in [0.25, 0.3) is 0 Å². The van der Waals surface area contributed by atoms with E-state index >= 15 is 0 Å². The molecule has 0 atom stereocenters. The van der Waals surface area contributed by atoms with Gasteiger partial charge < -0.3 is 27.4 Å². The van der Waals surface area contributed by atoms with Crippen molar-refractivity contribution in [3.8, 4) is 0 Å². The Bertz CT molecular complexity index is 8.04. The second-order valence-electron chi connectivity index (χ2n) is 0. The first-order valence-electron chi connectivity index (χ1n) is 0. The summed E-state index contributed by atoms with van der Waals surface area (Å²) in [6, 6.07) is 0. The van der Waals surface area contributed by atoms with Crippen LogP contribution in [-0.2, 0) is 17.1 Å². The average Bonchev–Trinajstić information content (AvgIpc) is 0. The van der Waals surface area contributed by atoms with Crippen LogP contribution in [0.2, 0.25) is 0 Å². The van der Waals surface area contributed by atoms with Gasteiger partial charge in [-0.25, -0.2) is 0 Å². The van der Waals surface area contributed by atoms with Crippen LogP contribution in [0.25, 0.3) is 0 Å². The largest absolute Gasteiger partial charge is 3.00 e. The molecule has 0 aromatic carbocycles. The Hall–Kier alpha value is 1.59. The zero-order chi connectivity index (χ0) is 0. The maximum absolute atomic E-state index is 0. The molecule has 53 valence electrons. The molecular weight excluding hydrogens is 298 g/mol. The Morgan fingerprint density at radius 1 is 0.429 bits per heavy atom. The van der Waals surface area contributed by atoms with Crippen molar-refractivity contribution >= 4 is 0 Å². The number of hydrogen-bond acceptors (Lipinski definition) is 5. The van der Waals surface area contributed by atoms with Gasteiger partial charge in [-0.3, -0.25) is 0 Å². The minimum absolute atomic E-state index is 0. The molecule has 5 N–H and O–H groups in total. The number of rotatable bonds is 0. The Morgan fingerprint density at radius 2 is 0.429 bits per heavy atom. The first-order valence-corrected chi connectivity index (χ1v) is 0. The molecule has 0 heterocycles. The van der Waals surface area contributed by atoms with Gasteiger partial charge in [-0.15, -0.1) is 0 Å². The molecule has 0 amide bonds. The molecule has 0 aliphatic heterocycles. The van der Waals surface area contributed by atoms with Gasteiger partial charge in [-0.1, -0.05) is 0 Å². The summed E-state index contributed by atoms with van der Waals surface area (Å²) in [6.07, 6.45) is 0. The fourth-order valence-corrected chi connectivity index (χ4v) is 0. The van der Waals surface area contributed by atoms with Crippen LogP contribution >= 0.6 is 0 Å². The summed E-state index contributed by atoms with van der Waals surface area (Å²) in [5.41, 5.74) is 0. The van der Waals surface area contributed by atoms with E-state index in [1.807, 2.05) is 0 Å². The summed E-state index contributed by atoms with van der Waals surface area (Å²) in [5, 5.41) is 0. The van der Waals surface area contributed by atoms with Crippen LogP contribution in [0.5, 0.6) is 0 Å². The van der Waals surface area contributed by atoms with Crippen LogP contribution in [0.15, 0.2) is 0 Å². The third-order valence-electron chi connectivity index (χ3n) is 0.